The first-order valence-electron chi connectivity index (χ1n) is 6.63. The lowest BCUT2D eigenvalue weighted by molar-refractivity contribution is -0.0436. The highest BCUT2D eigenvalue weighted by atomic mass is 35.5. The molecule has 2 aromatic rings. The number of carbonyl (C=O) groups excluding carboxylic acids is 1. The summed E-state index contributed by atoms with van der Waals surface area (Å²) < 4.78 is 84.0. The highest BCUT2D eigenvalue weighted by Gasteiger charge is 2.47. The molecule has 0 unspecified atom stereocenters. The Morgan fingerprint density at radius 1 is 1.12 bits per heavy atom. The monoisotopic (exact) mass is 412 g/mol. The van der Waals surface area contributed by atoms with Gasteiger partial charge < -0.3 is 9.47 Å². The lowest BCUT2D eigenvalue weighted by Gasteiger charge is -2.13. The molecule has 0 aliphatic heterocycles. The lowest BCUT2D eigenvalue weighted by Crippen LogP contribution is -2.23. The second-order valence-electron chi connectivity index (χ2n) is 4.81. The number of alkyl halides is 3. The Kier molecular flexibility index (Phi) is 5.47. The van der Waals surface area contributed by atoms with Gasteiger partial charge in [-0.05, 0) is 30.3 Å². The van der Waals surface area contributed by atoms with E-state index in [4.69, 9.17) is 16.3 Å². The quantitative estimate of drug-likeness (QED) is 0.551. The number of methoxy groups -OCH3 is 1. The van der Waals surface area contributed by atoms with Crippen molar-refractivity contribution in [2.24, 2.45) is 0 Å². The van der Waals surface area contributed by atoms with Crippen LogP contribution in [0.3, 0.4) is 0 Å². The third-order valence-corrected chi connectivity index (χ3v) is 4.74. The molecule has 0 saturated carbocycles. The second-order valence-corrected chi connectivity index (χ2v) is 7.18. The Bertz CT molecular complexity index is 937. The summed E-state index contributed by atoms with van der Waals surface area (Å²) in [7, 11) is -4.75. The number of carbonyl (C=O) groups is 1. The van der Waals surface area contributed by atoms with Crippen LogP contribution in [-0.2, 0) is 14.6 Å². The van der Waals surface area contributed by atoms with Gasteiger partial charge >= 0.3 is 11.5 Å². The van der Waals surface area contributed by atoms with Gasteiger partial charge in [-0.2, -0.15) is 13.2 Å². The molecule has 2 rings (SSSR count). The van der Waals surface area contributed by atoms with E-state index in [1.165, 1.54) is 6.07 Å². The fourth-order valence-electron chi connectivity index (χ4n) is 1.88. The van der Waals surface area contributed by atoms with E-state index in [1.54, 1.807) is 0 Å². The minimum atomic E-state index is -5.69. The number of ether oxygens (including phenoxy) is 2. The van der Waals surface area contributed by atoms with Crippen LogP contribution in [0.25, 0.3) is 0 Å². The Balaban J connectivity index is 2.55. The average Bonchev–Trinajstić information content (AvgIpc) is 2.52. The number of hydrogen-bond donors (Lipinski definition) is 0. The van der Waals surface area contributed by atoms with E-state index in [1.807, 2.05) is 0 Å². The Morgan fingerprint density at radius 3 is 2.31 bits per heavy atom. The van der Waals surface area contributed by atoms with E-state index in [0.717, 1.165) is 25.3 Å². The number of rotatable bonds is 4. The van der Waals surface area contributed by atoms with E-state index < -0.39 is 37.6 Å². The highest BCUT2D eigenvalue weighted by molar-refractivity contribution is 7.92. The maximum absolute atomic E-state index is 13.3. The molecule has 0 spiro atoms. The molecular weight excluding hydrogens is 404 g/mol. The van der Waals surface area contributed by atoms with Crippen LogP contribution in [-0.4, -0.2) is 27.0 Å². The van der Waals surface area contributed by atoms with Crippen LogP contribution in [0.5, 0.6) is 11.5 Å². The van der Waals surface area contributed by atoms with Crippen molar-refractivity contribution in [2.75, 3.05) is 7.11 Å². The zero-order valence-corrected chi connectivity index (χ0v) is 14.4. The predicted molar refractivity (Wildman–Crippen MR) is 82.5 cm³/mol. The molecule has 140 valence electrons. The van der Waals surface area contributed by atoms with Gasteiger partial charge in [0.1, 0.15) is 22.9 Å². The van der Waals surface area contributed by atoms with Crippen molar-refractivity contribution >= 4 is 27.4 Å². The van der Waals surface area contributed by atoms with E-state index >= 15 is 0 Å². The molecule has 0 radical (unpaired) electrons. The summed E-state index contributed by atoms with van der Waals surface area (Å²) in [6, 6.07) is 4.97. The summed E-state index contributed by atoms with van der Waals surface area (Å²) in [4.78, 5) is 10.6. The van der Waals surface area contributed by atoms with Crippen LogP contribution in [0.4, 0.5) is 17.6 Å². The molecule has 0 amide bonds. The van der Waals surface area contributed by atoms with Crippen molar-refractivity contribution < 1.29 is 40.2 Å². The van der Waals surface area contributed by atoms with Crippen LogP contribution < -0.4 is 4.74 Å². The van der Waals surface area contributed by atoms with Gasteiger partial charge in [-0.25, -0.2) is 17.6 Å². The first-order valence-corrected chi connectivity index (χ1v) is 8.49. The Labute approximate surface area is 150 Å². The number of halogens is 5. The second kappa shape index (κ2) is 7.12. The molecular formula is C15H9ClF4O5S. The zero-order chi connectivity index (χ0) is 19.7. The summed E-state index contributed by atoms with van der Waals surface area (Å²) in [6.45, 7) is 0. The fourth-order valence-corrected chi connectivity index (χ4v) is 2.88. The number of sulfone groups is 1. The smallest absolute Gasteiger partial charge is 0.465 e. The molecule has 0 aliphatic carbocycles. The number of benzene rings is 2. The van der Waals surface area contributed by atoms with Gasteiger partial charge in [0, 0.05) is 11.1 Å². The van der Waals surface area contributed by atoms with E-state index in [-0.39, 0.29) is 16.5 Å². The van der Waals surface area contributed by atoms with Crippen molar-refractivity contribution in [2.45, 2.75) is 10.4 Å². The van der Waals surface area contributed by atoms with Crippen LogP contribution in [0, 0.1) is 5.82 Å². The summed E-state index contributed by atoms with van der Waals surface area (Å²) in [5.41, 5.74) is -6.16. The van der Waals surface area contributed by atoms with Gasteiger partial charge in [-0.3, -0.25) is 0 Å². The molecule has 2 aromatic carbocycles. The zero-order valence-electron chi connectivity index (χ0n) is 12.8. The first kappa shape index (κ1) is 20.0. The van der Waals surface area contributed by atoms with E-state index in [2.05, 4.69) is 4.74 Å². The number of esters is 1. The molecule has 0 heterocycles. The normalized spacial score (nSPS) is 11.9. The van der Waals surface area contributed by atoms with Crippen LogP contribution in [0.15, 0.2) is 41.3 Å². The molecule has 0 fully saturated rings. The van der Waals surface area contributed by atoms with Crippen molar-refractivity contribution in [1.29, 1.82) is 0 Å². The van der Waals surface area contributed by atoms with Gasteiger partial charge in [0.2, 0.25) is 0 Å². The maximum Gasteiger partial charge on any atom is 0.501 e. The summed E-state index contributed by atoms with van der Waals surface area (Å²) in [6.07, 6.45) is 0. The van der Waals surface area contributed by atoms with Crippen LogP contribution in [0.2, 0.25) is 5.02 Å². The lowest BCUT2D eigenvalue weighted by atomic mass is 10.2. The van der Waals surface area contributed by atoms with Gasteiger partial charge in [-0.15, -0.1) is 0 Å². The first-order chi connectivity index (χ1) is 12.0. The third kappa shape index (κ3) is 4.07. The Hall–Kier alpha value is -2.33. The van der Waals surface area contributed by atoms with Gasteiger partial charge in [-0.1, -0.05) is 11.6 Å². The van der Waals surface area contributed by atoms with Gasteiger partial charge in [0.15, 0.2) is 0 Å². The molecule has 0 aliphatic rings. The average molecular weight is 413 g/mol. The summed E-state index contributed by atoms with van der Waals surface area (Å²) in [5, 5.41) is -0.0316. The van der Waals surface area contributed by atoms with Crippen molar-refractivity contribution in [3.05, 3.63) is 52.8 Å². The Morgan fingerprint density at radius 2 is 1.77 bits per heavy atom. The topological polar surface area (TPSA) is 69.7 Å². The molecule has 11 heteroatoms. The van der Waals surface area contributed by atoms with Crippen LogP contribution >= 0.6 is 11.6 Å². The predicted octanol–water partition coefficient (Wildman–Crippen LogP) is 4.35. The molecule has 0 atom stereocenters. The van der Waals surface area contributed by atoms with Crippen LogP contribution in [0.1, 0.15) is 10.4 Å². The largest absolute Gasteiger partial charge is 0.501 e. The molecule has 26 heavy (non-hydrogen) atoms. The van der Waals surface area contributed by atoms with E-state index in [0.29, 0.717) is 12.1 Å². The van der Waals surface area contributed by atoms with Crippen molar-refractivity contribution in [3.8, 4) is 11.5 Å². The minimum Gasteiger partial charge on any atom is -0.465 e. The summed E-state index contributed by atoms with van der Waals surface area (Å²) in [5.74, 6) is -2.42. The summed E-state index contributed by atoms with van der Waals surface area (Å²) >= 11 is 5.67. The molecule has 0 aromatic heterocycles. The maximum atomic E-state index is 13.3. The van der Waals surface area contributed by atoms with Gasteiger partial charge in [0.25, 0.3) is 9.84 Å². The third-order valence-electron chi connectivity index (χ3n) is 3.04. The minimum absolute atomic E-state index is 0.0316. The van der Waals surface area contributed by atoms with Crippen molar-refractivity contribution in [3.63, 3.8) is 0 Å². The van der Waals surface area contributed by atoms with Crippen molar-refractivity contribution in [1.82, 2.24) is 0 Å². The fraction of sp³-hybridized carbons (Fsp3) is 0.133. The highest BCUT2D eigenvalue weighted by Crippen LogP contribution is 2.35. The molecule has 5 nitrogen and oxygen atoms in total. The SMILES string of the molecule is COC(=O)c1cc(S(=O)(=O)C(F)(F)F)ccc1Oc1cc(F)cc(Cl)c1. The molecule has 0 saturated heterocycles. The molecule has 0 bridgehead atoms. The number of hydrogen-bond acceptors (Lipinski definition) is 5. The standard InChI is InChI=1S/C15H9ClF4O5S/c1-24-14(21)12-7-11(26(22,23)15(18,19)20)2-3-13(12)25-10-5-8(16)4-9(17)6-10/h2-7H,1H3. The molecule has 0 N–H and O–H groups in total. The van der Waals surface area contributed by atoms with Gasteiger partial charge in [0.05, 0.1) is 12.0 Å². The van der Waals surface area contributed by atoms with E-state index in [9.17, 15) is 30.8 Å².